The van der Waals surface area contributed by atoms with Gasteiger partial charge in [0.2, 0.25) is 11.8 Å². The molecule has 0 bridgehead atoms. The van der Waals surface area contributed by atoms with Crippen molar-refractivity contribution >= 4 is 17.5 Å². The Balaban J connectivity index is 1.24. The molecule has 3 heterocycles. The topological polar surface area (TPSA) is 110 Å². The Kier molecular flexibility index (Phi) is 6.28. The van der Waals surface area contributed by atoms with Crippen LogP contribution in [0.1, 0.15) is 49.3 Å². The maximum atomic E-state index is 12.5. The average molecular weight is 452 g/mol. The molecule has 1 aromatic heterocycles. The second-order valence-corrected chi connectivity index (χ2v) is 9.15. The number of nitrogens with one attached hydrogen (secondary N) is 2. The van der Waals surface area contributed by atoms with Crippen molar-refractivity contribution in [3.05, 3.63) is 53.9 Å². The van der Waals surface area contributed by atoms with Crippen molar-refractivity contribution in [3.8, 4) is 5.75 Å². The highest BCUT2D eigenvalue weighted by Crippen LogP contribution is 2.47. The van der Waals surface area contributed by atoms with Crippen molar-refractivity contribution in [1.82, 2.24) is 10.3 Å². The highest BCUT2D eigenvalue weighted by Gasteiger charge is 2.46. The zero-order chi connectivity index (χ0) is 22.8. The molecule has 0 spiro atoms. The predicted octanol–water partition coefficient (Wildman–Crippen LogP) is 2.52. The lowest BCUT2D eigenvalue weighted by Crippen LogP contribution is -2.47. The van der Waals surface area contributed by atoms with Gasteiger partial charge < -0.3 is 25.2 Å². The Morgan fingerprint density at radius 2 is 2.00 bits per heavy atom. The van der Waals surface area contributed by atoms with Gasteiger partial charge in [-0.15, -0.1) is 0 Å². The van der Waals surface area contributed by atoms with Crippen molar-refractivity contribution in [2.24, 2.45) is 5.92 Å². The van der Waals surface area contributed by atoms with E-state index < -0.39 is 6.10 Å². The summed E-state index contributed by atoms with van der Waals surface area (Å²) in [4.78, 5) is 29.0. The van der Waals surface area contributed by atoms with Crippen LogP contribution in [0.15, 0.2) is 42.6 Å². The molecule has 2 aromatic rings. The number of nitrogens with zero attached hydrogens (tertiary/aromatic N) is 1. The maximum absolute atomic E-state index is 12.5. The molecule has 2 amide bonds. The van der Waals surface area contributed by atoms with Crippen LogP contribution in [0.5, 0.6) is 5.75 Å². The van der Waals surface area contributed by atoms with Gasteiger partial charge >= 0.3 is 0 Å². The second-order valence-electron chi connectivity index (χ2n) is 9.15. The van der Waals surface area contributed by atoms with Gasteiger partial charge in [-0.25, -0.2) is 0 Å². The Morgan fingerprint density at radius 1 is 1.12 bits per heavy atom. The SMILES string of the molecule is O=C(C[C@H]1C[C@H]2c3cc(NC(=O)CC4CC4)ccc3O[C@H]2[C@H](CO)O1)NCc1ccccn1. The molecule has 5 rings (SSSR count). The maximum Gasteiger partial charge on any atom is 0.224 e. The van der Waals surface area contributed by atoms with Crippen molar-refractivity contribution in [1.29, 1.82) is 0 Å². The molecule has 0 unspecified atom stereocenters. The van der Waals surface area contributed by atoms with Crippen LogP contribution >= 0.6 is 0 Å². The van der Waals surface area contributed by atoms with E-state index in [1.807, 2.05) is 36.4 Å². The summed E-state index contributed by atoms with van der Waals surface area (Å²) < 4.78 is 12.1. The summed E-state index contributed by atoms with van der Waals surface area (Å²) in [5, 5.41) is 15.8. The standard InChI is InChI=1S/C25H29N3O5/c29-14-22-25-20(11-18(32-22)12-23(30)27-13-17-3-1-2-8-26-17)19-10-16(6-7-21(19)33-25)28-24(31)9-15-4-5-15/h1-3,6-8,10,15,18,20,22,25,29H,4-5,9,11-14H2,(H,27,30)(H,28,31)/t18-,20+,22+,25-/m1/s1. The van der Waals surface area contributed by atoms with Gasteiger partial charge in [0.1, 0.15) is 18.0 Å². The molecule has 4 atom stereocenters. The molecule has 0 radical (unpaired) electrons. The predicted molar refractivity (Wildman–Crippen MR) is 121 cm³/mol. The monoisotopic (exact) mass is 451 g/mol. The fraction of sp³-hybridized carbons (Fsp3) is 0.480. The van der Waals surface area contributed by atoms with Crippen LogP contribution in [-0.4, -0.2) is 46.8 Å². The molecule has 33 heavy (non-hydrogen) atoms. The molecule has 8 heteroatoms. The minimum absolute atomic E-state index is 0.0141. The summed E-state index contributed by atoms with van der Waals surface area (Å²) in [6.07, 6.45) is 4.16. The van der Waals surface area contributed by atoms with Gasteiger partial charge in [0, 0.05) is 29.8 Å². The summed E-state index contributed by atoms with van der Waals surface area (Å²) in [6.45, 7) is 0.171. The fourth-order valence-electron chi connectivity index (χ4n) is 4.73. The van der Waals surface area contributed by atoms with Crippen molar-refractivity contribution in [3.63, 3.8) is 0 Å². The van der Waals surface area contributed by atoms with Crippen LogP contribution in [-0.2, 0) is 20.9 Å². The Hall–Kier alpha value is -2.97. The number of benzene rings is 1. The van der Waals surface area contributed by atoms with Crippen molar-refractivity contribution in [2.45, 2.75) is 62.9 Å². The van der Waals surface area contributed by atoms with Crippen molar-refractivity contribution in [2.75, 3.05) is 11.9 Å². The smallest absolute Gasteiger partial charge is 0.224 e. The van der Waals surface area contributed by atoms with E-state index in [1.54, 1.807) is 6.20 Å². The van der Waals surface area contributed by atoms with Crippen LogP contribution in [0.25, 0.3) is 0 Å². The lowest BCUT2D eigenvalue weighted by molar-refractivity contribution is -0.142. The Bertz CT molecular complexity index is 1010. The molecule has 174 valence electrons. The van der Waals surface area contributed by atoms with Crippen LogP contribution in [0.4, 0.5) is 5.69 Å². The number of pyridine rings is 1. The number of hydrogen-bond acceptors (Lipinski definition) is 6. The second kappa shape index (κ2) is 9.49. The molecule has 8 nitrogen and oxygen atoms in total. The lowest BCUT2D eigenvalue weighted by atomic mass is 9.84. The number of rotatable bonds is 8. The molecular formula is C25H29N3O5. The normalized spacial score (nSPS) is 25.5. The molecule has 1 saturated heterocycles. The first-order chi connectivity index (χ1) is 16.1. The van der Waals surface area contributed by atoms with Crippen LogP contribution in [0.3, 0.4) is 0 Å². The van der Waals surface area contributed by atoms with Crippen molar-refractivity contribution < 1.29 is 24.2 Å². The first-order valence-corrected chi connectivity index (χ1v) is 11.6. The molecule has 2 aliphatic heterocycles. The first kappa shape index (κ1) is 21.9. The summed E-state index contributed by atoms with van der Waals surface area (Å²) in [6, 6.07) is 11.2. The lowest BCUT2D eigenvalue weighted by Gasteiger charge is -2.37. The number of anilines is 1. The van der Waals surface area contributed by atoms with Crippen LogP contribution in [0.2, 0.25) is 0 Å². The van der Waals surface area contributed by atoms with Gasteiger partial charge in [0.05, 0.1) is 31.4 Å². The van der Waals surface area contributed by atoms with E-state index in [4.69, 9.17) is 9.47 Å². The van der Waals surface area contributed by atoms with E-state index in [2.05, 4.69) is 15.6 Å². The Labute approximate surface area is 192 Å². The molecule has 1 aromatic carbocycles. The fourth-order valence-corrected chi connectivity index (χ4v) is 4.73. The molecular weight excluding hydrogens is 422 g/mol. The zero-order valence-corrected chi connectivity index (χ0v) is 18.4. The van der Waals surface area contributed by atoms with Gasteiger partial charge in [-0.1, -0.05) is 6.07 Å². The molecule has 1 aliphatic carbocycles. The quantitative estimate of drug-likeness (QED) is 0.569. The van der Waals surface area contributed by atoms with Gasteiger partial charge in [-0.2, -0.15) is 0 Å². The van der Waals surface area contributed by atoms with E-state index >= 15 is 0 Å². The number of hydrogen-bond donors (Lipinski definition) is 3. The summed E-state index contributed by atoms with van der Waals surface area (Å²) in [7, 11) is 0. The number of carbonyl (C=O) groups is 2. The van der Waals surface area contributed by atoms with Gasteiger partial charge in [-0.05, 0) is 55.5 Å². The third kappa shape index (κ3) is 5.17. The van der Waals surface area contributed by atoms with E-state index in [9.17, 15) is 14.7 Å². The number of aliphatic hydroxyl groups is 1. The number of aliphatic hydroxyl groups excluding tert-OH is 1. The third-order valence-corrected chi connectivity index (χ3v) is 6.56. The number of carbonyl (C=O) groups excluding carboxylic acids is 2. The number of amides is 2. The number of aromatic nitrogens is 1. The van der Waals surface area contributed by atoms with E-state index in [0.717, 1.165) is 35.5 Å². The third-order valence-electron chi connectivity index (χ3n) is 6.56. The molecule has 3 N–H and O–H groups in total. The molecule has 1 saturated carbocycles. The largest absolute Gasteiger partial charge is 0.487 e. The summed E-state index contributed by atoms with van der Waals surface area (Å²) >= 11 is 0. The molecule has 2 fully saturated rings. The van der Waals surface area contributed by atoms with Gasteiger partial charge in [0.15, 0.2) is 0 Å². The number of fused-ring (bicyclic) bond motifs is 3. The first-order valence-electron chi connectivity index (χ1n) is 11.6. The summed E-state index contributed by atoms with van der Waals surface area (Å²) in [5.41, 5.74) is 2.53. The minimum atomic E-state index is -0.516. The Morgan fingerprint density at radius 3 is 2.76 bits per heavy atom. The van der Waals surface area contributed by atoms with Gasteiger partial charge in [0.25, 0.3) is 0 Å². The van der Waals surface area contributed by atoms with E-state index in [0.29, 0.717) is 25.3 Å². The molecule has 3 aliphatic rings. The van der Waals surface area contributed by atoms with E-state index in [1.165, 1.54) is 0 Å². The van der Waals surface area contributed by atoms with E-state index in [-0.39, 0.29) is 43.0 Å². The summed E-state index contributed by atoms with van der Waals surface area (Å²) in [5.74, 6) is 1.17. The van der Waals surface area contributed by atoms with Gasteiger partial charge in [-0.3, -0.25) is 14.6 Å². The number of ether oxygens (including phenoxy) is 2. The highest BCUT2D eigenvalue weighted by molar-refractivity contribution is 5.91. The highest BCUT2D eigenvalue weighted by atomic mass is 16.6. The van der Waals surface area contributed by atoms with Crippen LogP contribution < -0.4 is 15.4 Å². The van der Waals surface area contributed by atoms with Crippen LogP contribution in [0, 0.1) is 5.92 Å². The zero-order valence-electron chi connectivity index (χ0n) is 18.4. The average Bonchev–Trinajstić information content (AvgIpc) is 3.56. The minimum Gasteiger partial charge on any atom is -0.487 e.